The fourth-order valence-electron chi connectivity index (χ4n) is 3.80. The van der Waals surface area contributed by atoms with Gasteiger partial charge in [0, 0.05) is 23.9 Å². The zero-order valence-electron chi connectivity index (χ0n) is 18.7. The van der Waals surface area contributed by atoms with Crippen LogP contribution in [0.4, 0.5) is 18.9 Å². The first-order chi connectivity index (χ1) is 17.6. The number of nitrogens with one attached hydrogen (secondary N) is 1. The molecular formula is C23H14ClF3N8O2. The van der Waals surface area contributed by atoms with Gasteiger partial charge in [0.1, 0.15) is 5.69 Å². The van der Waals surface area contributed by atoms with Gasteiger partial charge in [-0.3, -0.25) is 14.6 Å². The largest absolute Gasteiger partial charge is 0.434 e. The topological polar surface area (TPSA) is 120 Å². The van der Waals surface area contributed by atoms with Crippen LogP contribution in [0.25, 0.3) is 22.3 Å². The van der Waals surface area contributed by atoms with Crippen molar-refractivity contribution in [2.75, 3.05) is 5.32 Å². The highest BCUT2D eigenvalue weighted by Gasteiger charge is 2.41. The Labute approximate surface area is 210 Å². The van der Waals surface area contributed by atoms with E-state index in [0.717, 1.165) is 11.0 Å². The number of hydrogen-bond donors (Lipinski definition) is 1. The summed E-state index contributed by atoms with van der Waals surface area (Å²) in [7, 11) is 0. The summed E-state index contributed by atoms with van der Waals surface area (Å²) in [4.78, 5) is 34.2. The molecule has 0 unspecified atom stereocenters. The van der Waals surface area contributed by atoms with E-state index in [1.807, 2.05) is 0 Å². The summed E-state index contributed by atoms with van der Waals surface area (Å²) in [6.07, 6.45) is 1.23. The normalized spacial score (nSPS) is 11.6. The van der Waals surface area contributed by atoms with Gasteiger partial charge in [0.05, 0.1) is 46.7 Å². The van der Waals surface area contributed by atoms with E-state index in [0.29, 0.717) is 15.5 Å². The molecule has 0 saturated carbocycles. The van der Waals surface area contributed by atoms with Gasteiger partial charge in [-0.25, -0.2) is 9.67 Å². The number of alkyl halides is 3. The van der Waals surface area contributed by atoms with Crippen LogP contribution in [0.1, 0.15) is 33.5 Å². The van der Waals surface area contributed by atoms with E-state index in [1.54, 1.807) is 6.07 Å². The van der Waals surface area contributed by atoms with Crippen LogP contribution in [0.2, 0.25) is 5.02 Å². The van der Waals surface area contributed by atoms with Crippen LogP contribution in [0, 0.1) is 0 Å². The summed E-state index contributed by atoms with van der Waals surface area (Å²) >= 11 is 6.19. The van der Waals surface area contributed by atoms with Gasteiger partial charge in [0.15, 0.2) is 17.3 Å². The molecule has 186 valence electrons. The molecule has 0 spiro atoms. The predicted octanol–water partition coefficient (Wildman–Crippen LogP) is 4.52. The van der Waals surface area contributed by atoms with Gasteiger partial charge >= 0.3 is 6.18 Å². The van der Waals surface area contributed by atoms with Crippen LogP contribution in [0.3, 0.4) is 0 Å². The van der Waals surface area contributed by atoms with E-state index in [2.05, 4.69) is 30.6 Å². The highest BCUT2D eigenvalue weighted by Crippen LogP contribution is 2.36. The molecule has 1 N–H and O–H groups in total. The minimum Gasteiger partial charge on any atom is -0.320 e. The fourth-order valence-corrected chi connectivity index (χ4v) is 4.04. The number of nitrogens with zero attached hydrogens (tertiary/aromatic N) is 7. The molecule has 0 radical (unpaired) electrons. The van der Waals surface area contributed by atoms with Crippen molar-refractivity contribution in [1.82, 2.24) is 34.7 Å². The lowest BCUT2D eigenvalue weighted by Crippen LogP contribution is -2.21. The number of halogens is 4. The Morgan fingerprint density at radius 2 is 1.73 bits per heavy atom. The van der Waals surface area contributed by atoms with E-state index >= 15 is 0 Å². The first-order valence-electron chi connectivity index (χ1n) is 10.5. The van der Waals surface area contributed by atoms with Crippen LogP contribution in [-0.2, 0) is 6.18 Å². The SMILES string of the molecule is CC(=O)c1nccc2c(-n3ncc(C(=O)Nc4cnc(-n5nccn5)c(Cl)c4)c3C(F)(F)F)cccc12. The number of Topliss-reactive ketones (excluding diaryl/α,β-unsaturated/α-hetero) is 1. The number of rotatable bonds is 5. The molecule has 0 bridgehead atoms. The molecule has 0 saturated heterocycles. The van der Waals surface area contributed by atoms with Crippen molar-refractivity contribution in [1.29, 1.82) is 0 Å². The number of aromatic nitrogens is 7. The maximum atomic E-state index is 14.3. The van der Waals surface area contributed by atoms with Crippen LogP contribution >= 0.6 is 11.6 Å². The van der Waals surface area contributed by atoms with Gasteiger partial charge in [-0.05, 0) is 18.2 Å². The highest BCUT2D eigenvalue weighted by molar-refractivity contribution is 6.32. The summed E-state index contributed by atoms with van der Waals surface area (Å²) in [6, 6.07) is 7.25. The van der Waals surface area contributed by atoms with Crippen molar-refractivity contribution in [2.24, 2.45) is 0 Å². The average Bonchev–Trinajstić information content (AvgIpc) is 3.54. The summed E-state index contributed by atoms with van der Waals surface area (Å²) in [5, 5.41) is 14.8. The fraction of sp³-hybridized carbons (Fsp3) is 0.0870. The molecule has 0 aliphatic rings. The molecule has 1 aromatic carbocycles. The second-order valence-corrected chi connectivity index (χ2v) is 8.11. The third-order valence-electron chi connectivity index (χ3n) is 5.31. The maximum Gasteiger partial charge on any atom is 0.434 e. The number of carbonyl (C=O) groups excluding carboxylic acids is 2. The summed E-state index contributed by atoms with van der Waals surface area (Å²) in [5.41, 5.74) is -1.84. The molecular weight excluding hydrogens is 513 g/mol. The Morgan fingerprint density at radius 1 is 0.973 bits per heavy atom. The van der Waals surface area contributed by atoms with E-state index in [9.17, 15) is 22.8 Å². The summed E-state index contributed by atoms with van der Waals surface area (Å²) in [6.45, 7) is 1.31. The van der Waals surface area contributed by atoms with E-state index in [1.165, 1.54) is 56.0 Å². The van der Waals surface area contributed by atoms with Crippen molar-refractivity contribution in [2.45, 2.75) is 13.1 Å². The Morgan fingerprint density at radius 3 is 2.41 bits per heavy atom. The number of hydrogen-bond acceptors (Lipinski definition) is 7. The van der Waals surface area contributed by atoms with Crippen LogP contribution in [0.15, 0.2) is 61.3 Å². The number of pyridine rings is 2. The third kappa shape index (κ3) is 4.40. The van der Waals surface area contributed by atoms with Crippen molar-refractivity contribution in [3.8, 4) is 11.5 Å². The molecule has 5 aromatic rings. The minimum absolute atomic E-state index is 0.0227. The molecule has 4 heterocycles. The number of benzene rings is 1. The smallest absolute Gasteiger partial charge is 0.320 e. The molecule has 4 aromatic heterocycles. The molecule has 5 rings (SSSR count). The summed E-state index contributed by atoms with van der Waals surface area (Å²) in [5.74, 6) is -1.25. The van der Waals surface area contributed by atoms with Gasteiger partial charge in [0.25, 0.3) is 5.91 Å². The third-order valence-corrected chi connectivity index (χ3v) is 5.59. The Kier molecular flexibility index (Phi) is 5.91. The van der Waals surface area contributed by atoms with Gasteiger partial charge in [-0.2, -0.15) is 28.5 Å². The lowest BCUT2D eigenvalue weighted by atomic mass is 10.1. The Bertz CT molecular complexity index is 1660. The Hall–Kier alpha value is -4.65. The molecule has 0 fully saturated rings. The van der Waals surface area contributed by atoms with E-state index in [4.69, 9.17) is 11.6 Å². The van der Waals surface area contributed by atoms with Crippen molar-refractivity contribution < 1.29 is 22.8 Å². The van der Waals surface area contributed by atoms with E-state index in [-0.39, 0.29) is 33.7 Å². The molecule has 37 heavy (non-hydrogen) atoms. The first-order valence-corrected chi connectivity index (χ1v) is 10.9. The Balaban J connectivity index is 1.56. The zero-order valence-corrected chi connectivity index (χ0v) is 19.5. The van der Waals surface area contributed by atoms with Crippen LogP contribution in [0.5, 0.6) is 0 Å². The average molecular weight is 527 g/mol. The zero-order chi connectivity index (χ0) is 26.3. The number of carbonyl (C=O) groups is 2. The maximum absolute atomic E-state index is 14.3. The van der Waals surface area contributed by atoms with Crippen molar-refractivity contribution in [3.05, 3.63) is 83.3 Å². The van der Waals surface area contributed by atoms with Gasteiger partial charge in [-0.1, -0.05) is 23.7 Å². The second kappa shape index (κ2) is 9.09. The molecule has 10 nitrogen and oxygen atoms in total. The number of amides is 1. The molecule has 0 atom stereocenters. The summed E-state index contributed by atoms with van der Waals surface area (Å²) < 4.78 is 43.4. The first kappa shape index (κ1) is 24.1. The molecule has 14 heteroatoms. The number of anilines is 1. The molecule has 0 aliphatic carbocycles. The molecule has 1 amide bonds. The van der Waals surface area contributed by atoms with Gasteiger partial charge < -0.3 is 5.32 Å². The minimum atomic E-state index is -4.95. The van der Waals surface area contributed by atoms with E-state index < -0.39 is 23.3 Å². The predicted molar refractivity (Wildman–Crippen MR) is 126 cm³/mol. The lowest BCUT2D eigenvalue weighted by molar-refractivity contribution is -0.143. The van der Waals surface area contributed by atoms with Crippen molar-refractivity contribution >= 4 is 39.8 Å². The van der Waals surface area contributed by atoms with Gasteiger partial charge in [0.2, 0.25) is 0 Å². The number of ketones is 1. The van der Waals surface area contributed by atoms with Crippen LogP contribution < -0.4 is 5.32 Å². The standard InChI is InChI=1S/C23H14ClF3N8O2/c1-12(36)19-15-3-2-4-18(14(15)5-6-28-19)34-20(23(25,26)27)16(11-32-34)22(37)33-13-9-17(24)21(29-10-13)35-30-7-8-31-35/h2-11H,1H3,(H,33,37). The highest BCUT2D eigenvalue weighted by atomic mass is 35.5. The molecule has 0 aliphatic heterocycles. The monoisotopic (exact) mass is 526 g/mol. The number of fused-ring (bicyclic) bond motifs is 1. The second-order valence-electron chi connectivity index (χ2n) is 7.71. The van der Waals surface area contributed by atoms with Gasteiger partial charge in [-0.15, -0.1) is 4.80 Å². The lowest BCUT2D eigenvalue weighted by Gasteiger charge is -2.15. The quantitative estimate of drug-likeness (QED) is 0.334. The van der Waals surface area contributed by atoms with Crippen LogP contribution in [-0.4, -0.2) is 46.4 Å². The van der Waals surface area contributed by atoms with Crippen molar-refractivity contribution in [3.63, 3.8) is 0 Å².